The van der Waals surface area contributed by atoms with Gasteiger partial charge < -0.3 is 14.2 Å². The molecule has 0 radical (unpaired) electrons. The van der Waals surface area contributed by atoms with E-state index in [4.69, 9.17) is 4.74 Å². The van der Waals surface area contributed by atoms with Crippen molar-refractivity contribution in [3.63, 3.8) is 0 Å². The summed E-state index contributed by atoms with van der Waals surface area (Å²) < 4.78 is 9.12. The summed E-state index contributed by atoms with van der Waals surface area (Å²) in [5, 5.41) is 2.43. The lowest BCUT2D eigenvalue weighted by Crippen LogP contribution is -2.33. The van der Waals surface area contributed by atoms with Crippen LogP contribution in [0.5, 0.6) is 11.5 Å². The molecule has 0 N–H and O–H groups in total. The third-order valence-electron chi connectivity index (χ3n) is 15.0. The number of rotatable bonds is 7. The molecular weight excluding hydrogens is 849 g/mol. The molecule has 1 aliphatic heterocycles. The van der Waals surface area contributed by atoms with E-state index in [1.807, 2.05) is 0 Å². The Morgan fingerprint density at radius 1 is 0.400 bits per heavy atom. The number of aromatic nitrogens is 1. The van der Waals surface area contributed by atoms with E-state index in [0.717, 1.165) is 47.1 Å². The third-order valence-corrected chi connectivity index (χ3v) is 15.0. The van der Waals surface area contributed by atoms with Crippen LogP contribution in [-0.4, -0.2) is 4.57 Å². The molecule has 0 bridgehead atoms. The standard InChI is InChI=1S/C67H46N2O/c1-4-18-45(19-5-1)46-32-36-51(37-33-46)68(62-29-15-11-24-53(62)47-20-6-2-7-21-47)52-38-41-64-57(44-52)56-42-48(35-40-63(56)69(64)50-22-8-3-9-23-50)49-34-39-55-54-25-10-12-26-58(54)67(61(55)43-49)59-27-13-16-30-65(59)70-66-31-17-14-28-60(66)67/h1-33,35-38,40-44H,34,39H2. The van der Waals surface area contributed by atoms with Gasteiger partial charge in [-0.2, -0.15) is 0 Å². The first-order valence-electron chi connectivity index (χ1n) is 24.4. The fraction of sp³-hybridized carbons (Fsp3) is 0.0448. The van der Waals surface area contributed by atoms with Gasteiger partial charge in [0.15, 0.2) is 0 Å². The first kappa shape index (κ1) is 40.2. The molecule has 1 aromatic heterocycles. The van der Waals surface area contributed by atoms with Crippen LogP contribution in [0.3, 0.4) is 0 Å². The summed E-state index contributed by atoms with van der Waals surface area (Å²) in [4.78, 5) is 2.44. The zero-order chi connectivity index (χ0) is 46.2. The fourth-order valence-electron chi connectivity index (χ4n) is 12.0. The third kappa shape index (κ3) is 6.15. The van der Waals surface area contributed by atoms with Gasteiger partial charge in [-0.1, -0.05) is 182 Å². The Morgan fingerprint density at radius 2 is 0.929 bits per heavy atom. The maximum atomic E-state index is 6.68. The van der Waals surface area contributed by atoms with Crippen molar-refractivity contribution in [1.29, 1.82) is 0 Å². The minimum atomic E-state index is -0.496. The van der Waals surface area contributed by atoms with E-state index >= 15 is 0 Å². The van der Waals surface area contributed by atoms with Crippen molar-refractivity contribution in [2.45, 2.75) is 18.3 Å². The van der Waals surface area contributed by atoms with Crippen LogP contribution < -0.4 is 9.64 Å². The summed E-state index contributed by atoms with van der Waals surface area (Å²) in [6, 6.07) is 90.6. The van der Waals surface area contributed by atoms with E-state index in [2.05, 4.69) is 264 Å². The van der Waals surface area contributed by atoms with Gasteiger partial charge in [-0.3, -0.25) is 0 Å². The van der Waals surface area contributed by atoms with E-state index < -0.39 is 5.41 Å². The van der Waals surface area contributed by atoms with Gasteiger partial charge in [-0.25, -0.2) is 0 Å². The summed E-state index contributed by atoms with van der Waals surface area (Å²) in [6.45, 7) is 0. The van der Waals surface area contributed by atoms with Crippen LogP contribution in [0.2, 0.25) is 0 Å². The quantitative estimate of drug-likeness (QED) is 0.159. The zero-order valence-corrected chi connectivity index (χ0v) is 38.5. The van der Waals surface area contributed by atoms with Crippen LogP contribution in [0.1, 0.15) is 40.7 Å². The molecule has 14 rings (SSSR count). The number of para-hydroxylation sites is 4. The molecule has 3 aliphatic rings. The minimum absolute atomic E-state index is 0.496. The number of hydrogen-bond donors (Lipinski definition) is 0. The second-order valence-electron chi connectivity index (χ2n) is 18.7. The molecule has 70 heavy (non-hydrogen) atoms. The lowest BCUT2D eigenvalue weighted by Gasteiger charge is -2.40. The maximum Gasteiger partial charge on any atom is 0.132 e. The van der Waals surface area contributed by atoms with Gasteiger partial charge in [0.2, 0.25) is 0 Å². The van der Waals surface area contributed by atoms with Gasteiger partial charge in [0.05, 0.1) is 22.1 Å². The van der Waals surface area contributed by atoms with Crippen molar-refractivity contribution in [1.82, 2.24) is 4.57 Å². The Labute approximate surface area is 408 Å². The van der Waals surface area contributed by atoms with E-state index in [9.17, 15) is 0 Å². The van der Waals surface area contributed by atoms with E-state index in [0.29, 0.717) is 0 Å². The molecule has 1 spiro atoms. The van der Waals surface area contributed by atoms with Gasteiger partial charge in [0.1, 0.15) is 11.5 Å². The number of ether oxygens (including phenoxy) is 1. The highest BCUT2D eigenvalue weighted by molar-refractivity contribution is 6.12. The molecule has 0 atom stereocenters. The topological polar surface area (TPSA) is 17.4 Å². The van der Waals surface area contributed by atoms with Crippen molar-refractivity contribution in [3.8, 4) is 39.4 Å². The molecule has 0 fully saturated rings. The summed E-state index contributed by atoms with van der Waals surface area (Å²) >= 11 is 0. The minimum Gasteiger partial charge on any atom is -0.457 e. The first-order valence-corrected chi connectivity index (χ1v) is 24.4. The highest BCUT2D eigenvalue weighted by Crippen LogP contribution is 2.63. The van der Waals surface area contributed by atoms with E-state index in [1.54, 1.807) is 0 Å². The van der Waals surface area contributed by atoms with Crippen molar-refractivity contribution in [2.24, 2.45) is 0 Å². The second kappa shape index (κ2) is 16.1. The van der Waals surface area contributed by atoms with Gasteiger partial charge in [0.25, 0.3) is 0 Å². The molecule has 0 unspecified atom stereocenters. The molecule has 0 amide bonds. The highest BCUT2D eigenvalue weighted by Gasteiger charge is 2.52. The molecule has 10 aromatic carbocycles. The predicted molar refractivity (Wildman–Crippen MR) is 290 cm³/mol. The molecule has 2 heterocycles. The number of nitrogens with zero attached hydrogens (tertiary/aromatic N) is 2. The van der Waals surface area contributed by atoms with Crippen molar-refractivity contribution in [2.75, 3.05) is 4.90 Å². The van der Waals surface area contributed by atoms with Crippen LogP contribution in [0.25, 0.3) is 60.9 Å². The van der Waals surface area contributed by atoms with Crippen molar-refractivity contribution in [3.05, 3.63) is 288 Å². The highest BCUT2D eigenvalue weighted by atomic mass is 16.5. The number of anilines is 3. The first-order chi connectivity index (χ1) is 34.7. The van der Waals surface area contributed by atoms with E-state index in [1.165, 1.54) is 88.6 Å². The monoisotopic (exact) mass is 894 g/mol. The second-order valence-corrected chi connectivity index (χ2v) is 18.7. The lowest BCUT2D eigenvalue weighted by atomic mass is 9.64. The Bertz CT molecular complexity index is 3850. The Balaban J connectivity index is 0.972. The van der Waals surface area contributed by atoms with Crippen LogP contribution in [0.4, 0.5) is 17.1 Å². The molecule has 11 aromatic rings. The smallest absolute Gasteiger partial charge is 0.132 e. The van der Waals surface area contributed by atoms with Gasteiger partial charge in [-0.15, -0.1) is 0 Å². The average molecular weight is 895 g/mol. The van der Waals surface area contributed by atoms with Gasteiger partial charge >= 0.3 is 0 Å². The summed E-state index contributed by atoms with van der Waals surface area (Å²) in [6.07, 6.45) is 4.44. The number of fused-ring (bicyclic) bond motifs is 11. The number of hydrogen-bond acceptors (Lipinski definition) is 2. The normalized spacial score (nSPS) is 14.1. The molecule has 3 nitrogen and oxygen atoms in total. The predicted octanol–water partition coefficient (Wildman–Crippen LogP) is 17.7. The maximum absolute atomic E-state index is 6.68. The largest absolute Gasteiger partial charge is 0.457 e. The van der Waals surface area contributed by atoms with Crippen molar-refractivity contribution >= 4 is 50.0 Å². The SMILES string of the molecule is C1=C(c2ccc3c(c2)c2cc(N(c4ccc(-c5ccccc5)cc4)c4ccccc4-c4ccccc4)ccc2n3-c2ccccc2)CCC2=C1C1(c3ccccc3Oc3ccccc31)c1ccccc12. The van der Waals surface area contributed by atoms with Gasteiger partial charge in [0, 0.05) is 44.5 Å². The Hall–Kier alpha value is -8.92. The Kier molecular flexibility index (Phi) is 9.25. The molecule has 0 saturated carbocycles. The molecule has 330 valence electrons. The van der Waals surface area contributed by atoms with E-state index in [-0.39, 0.29) is 0 Å². The van der Waals surface area contributed by atoms with Crippen LogP contribution >= 0.6 is 0 Å². The fourth-order valence-corrected chi connectivity index (χ4v) is 12.0. The lowest BCUT2D eigenvalue weighted by molar-refractivity contribution is 0.435. The summed E-state index contributed by atoms with van der Waals surface area (Å²) in [7, 11) is 0. The summed E-state index contributed by atoms with van der Waals surface area (Å²) in [5.41, 5.74) is 21.5. The molecular formula is C67H46N2O. The number of allylic oxidation sites excluding steroid dienone is 4. The number of benzene rings is 10. The average Bonchev–Trinajstić information content (AvgIpc) is 3.92. The van der Waals surface area contributed by atoms with Crippen LogP contribution in [0.15, 0.2) is 260 Å². The van der Waals surface area contributed by atoms with Crippen LogP contribution in [0, 0.1) is 0 Å². The molecule has 3 heteroatoms. The van der Waals surface area contributed by atoms with Gasteiger partial charge in [-0.05, 0) is 136 Å². The zero-order valence-electron chi connectivity index (χ0n) is 38.5. The van der Waals surface area contributed by atoms with Crippen molar-refractivity contribution < 1.29 is 4.74 Å². The summed E-state index contributed by atoms with van der Waals surface area (Å²) in [5.74, 6) is 1.84. The Morgan fingerprint density at radius 3 is 1.64 bits per heavy atom. The molecule has 2 aliphatic carbocycles. The molecule has 0 saturated heterocycles. The van der Waals surface area contributed by atoms with Crippen LogP contribution in [-0.2, 0) is 5.41 Å².